The molecular formula is C25H29N3O5. The number of rotatable bonds is 4. The molecule has 33 heavy (non-hydrogen) atoms. The van der Waals surface area contributed by atoms with Gasteiger partial charge in [0.2, 0.25) is 5.78 Å². The minimum atomic E-state index is -0.917. The van der Waals surface area contributed by atoms with Crippen molar-refractivity contribution in [1.82, 2.24) is 15.6 Å². The Balaban J connectivity index is 1.49. The molecular weight excluding hydrogens is 422 g/mol. The summed E-state index contributed by atoms with van der Waals surface area (Å²) in [5.41, 5.74) is 1.48. The highest BCUT2D eigenvalue weighted by atomic mass is 16.5. The molecule has 1 unspecified atom stereocenters. The number of hydrogen-bond acceptors (Lipinski definition) is 6. The molecule has 1 aliphatic heterocycles. The second kappa shape index (κ2) is 10.7. The van der Waals surface area contributed by atoms with Gasteiger partial charge >= 0.3 is 0 Å². The molecule has 1 fully saturated rings. The van der Waals surface area contributed by atoms with E-state index in [1.807, 2.05) is 24.3 Å². The smallest absolute Gasteiger partial charge is 0.290 e. The van der Waals surface area contributed by atoms with Gasteiger partial charge in [-0.3, -0.25) is 19.4 Å². The van der Waals surface area contributed by atoms with Crippen LogP contribution in [0.2, 0.25) is 0 Å². The van der Waals surface area contributed by atoms with Gasteiger partial charge in [-0.15, -0.1) is 0 Å². The molecule has 2 N–H and O–H groups in total. The van der Waals surface area contributed by atoms with Crippen LogP contribution in [-0.4, -0.2) is 48.4 Å². The molecule has 174 valence electrons. The Bertz CT molecular complexity index is 991. The van der Waals surface area contributed by atoms with Crippen molar-refractivity contribution < 1.29 is 23.9 Å². The lowest BCUT2D eigenvalue weighted by Crippen LogP contribution is -2.50. The molecule has 1 saturated carbocycles. The van der Waals surface area contributed by atoms with Gasteiger partial charge in [0.05, 0.1) is 31.4 Å². The lowest BCUT2D eigenvalue weighted by atomic mass is 10.0. The monoisotopic (exact) mass is 451 g/mol. The van der Waals surface area contributed by atoms with Crippen molar-refractivity contribution >= 4 is 17.6 Å². The van der Waals surface area contributed by atoms with E-state index in [-0.39, 0.29) is 12.5 Å². The van der Waals surface area contributed by atoms with E-state index < -0.39 is 23.3 Å². The Morgan fingerprint density at radius 2 is 1.85 bits per heavy atom. The van der Waals surface area contributed by atoms with Crippen LogP contribution in [0, 0.1) is 0 Å². The molecule has 2 heterocycles. The first-order valence-corrected chi connectivity index (χ1v) is 11.4. The molecule has 2 aromatic rings. The van der Waals surface area contributed by atoms with Crippen LogP contribution >= 0.6 is 0 Å². The van der Waals surface area contributed by atoms with E-state index in [0.717, 1.165) is 30.4 Å². The van der Waals surface area contributed by atoms with Crippen molar-refractivity contribution in [2.45, 2.75) is 50.3 Å². The molecule has 0 bridgehead atoms. The Hall–Kier alpha value is -3.10. The number of amides is 2. The van der Waals surface area contributed by atoms with Gasteiger partial charge in [0.1, 0.15) is 0 Å². The number of fused-ring (bicyclic) bond motifs is 1. The predicted octanol–water partition coefficient (Wildman–Crippen LogP) is 2.27. The summed E-state index contributed by atoms with van der Waals surface area (Å²) in [7, 11) is 0. The number of ether oxygens (including phenoxy) is 2. The highest BCUT2D eigenvalue weighted by molar-refractivity contribution is 6.38. The number of nitrogens with zero attached hydrogens (tertiary/aromatic N) is 1. The Kier molecular flexibility index (Phi) is 7.47. The molecule has 0 saturated heterocycles. The number of nitrogens with one attached hydrogen (secondary N) is 2. The molecule has 0 radical (unpaired) electrons. The summed E-state index contributed by atoms with van der Waals surface area (Å²) in [5, 5.41) is 5.69. The molecule has 1 aromatic heterocycles. The summed E-state index contributed by atoms with van der Waals surface area (Å²) in [4.78, 5) is 43.2. The predicted molar refractivity (Wildman–Crippen MR) is 120 cm³/mol. The molecule has 1 atom stereocenters. The van der Waals surface area contributed by atoms with Crippen LogP contribution < -0.4 is 10.6 Å². The second-order valence-electron chi connectivity index (χ2n) is 8.49. The fourth-order valence-electron chi connectivity index (χ4n) is 4.02. The molecule has 4 rings (SSSR count). The highest BCUT2D eigenvalue weighted by Crippen LogP contribution is 2.45. The highest BCUT2D eigenvalue weighted by Gasteiger charge is 2.47. The van der Waals surface area contributed by atoms with Gasteiger partial charge in [0, 0.05) is 24.6 Å². The van der Waals surface area contributed by atoms with Crippen molar-refractivity contribution in [2.24, 2.45) is 0 Å². The third kappa shape index (κ3) is 5.83. The summed E-state index contributed by atoms with van der Waals surface area (Å²) in [5.74, 6) is -1.71. The average Bonchev–Trinajstić information content (AvgIpc) is 3.62. The maximum absolute atomic E-state index is 13.1. The summed E-state index contributed by atoms with van der Waals surface area (Å²) >= 11 is 0. The van der Waals surface area contributed by atoms with Gasteiger partial charge < -0.3 is 20.1 Å². The number of Topliss-reactive ketones (excluding diaryl/α,β-unsaturated/α-hetero) is 1. The maximum Gasteiger partial charge on any atom is 0.290 e. The number of hydrogen-bond donors (Lipinski definition) is 2. The zero-order valence-corrected chi connectivity index (χ0v) is 18.5. The first kappa shape index (κ1) is 23.1. The van der Waals surface area contributed by atoms with E-state index in [1.54, 1.807) is 24.5 Å². The van der Waals surface area contributed by atoms with Gasteiger partial charge in [-0.05, 0) is 55.4 Å². The normalized spacial score (nSPS) is 21.1. The van der Waals surface area contributed by atoms with Crippen molar-refractivity contribution in [3.63, 3.8) is 0 Å². The third-order valence-electron chi connectivity index (χ3n) is 6.09. The van der Waals surface area contributed by atoms with E-state index in [9.17, 15) is 14.4 Å². The van der Waals surface area contributed by atoms with E-state index in [1.165, 1.54) is 0 Å². The van der Waals surface area contributed by atoms with Gasteiger partial charge in [-0.25, -0.2) is 0 Å². The number of aromatic nitrogens is 1. The van der Waals surface area contributed by atoms with E-state index in [4.69, 9.17) is 9.47 Å². The Morgan fingerprint density at radius 1 is 1.03 bits per heavy atom. The largest absolute Gasteiger partial charge is 0.379 e. The summed E-state index contributed by atoms with van der Waals surface area (Å²) in [6.45, 7) is 1.70. The van der Waals surface area contributed by atoms with Crippen LogP contribution in [0.25, 0.3) is 0 Å². The summed E-state index contributed by atoms with van der Waals surface area (Å²) < 4.78 is 11.2. The molecule has 1 aromatic carbocycles. The van der Waals surface area contributed by atoms with Gasteiger partial charge in [0.15, 0.2) is 0 Å². The zero-order chi connectivity index (χ0) is 23.1. The Morgan fingerprint density at radius 3 is 2.64 bits per heavy atom. The van der Waals surface area contributed by atoms with Crippen molar-refractivity contribution in [3.05, 3.63) is 65.5 Å². The lowest BCUT2D eigenvalue weighted by molar-refractivity contribution is -0.139. The number of carbonyl (C=O) groups excluding carboxylic acids is 3. The minimum absolute atomic E-state index is 0.264. The standard InChI is InChI=1S/C25H29N3O5/c29-22(24(31)28-25(10-11-25)19-7-5-12-26-16-19)21-9-3-4-13-32-14-15-33-17-18-6-1-2-8-20(18)23(30)27-21/h1-2,5-8,12,16,21H,3-4,9-11,13-15,17H2,(H,27,30)(H,28,31). The molecule has 8 nitrogen and oxygen atoms in total. The average molecular weight is 452 g/mol. The summed E-state index contributed by atoms with van der Waals surface area (Å²) in [6.07, 6.45) is 6.60. The van der Waals surface area contributed by atoms with Crippen LogP contribution in [0.4, 0.5) is 0 Å². The van der Waals surface area contributed by atoms with E-state index in [2.05, 4.69) is 15.6 Å². The van der Waals surface area contributed by atoms with E-state index in [0.29, 0.717) is 38.2 Å². The van der Waals surface area contributed by atoms with Crippen LogP contribution in [0.5, 0.6) is 0 Å². The fourth-order valence-corrected chi connectivity index (χ4v) is 4.02. The number of pyridine rings is 1. The first-order valence-electron chi connectivity index (χ1n) is 11.4. The maximum atomic E-state index is 13.1. The fraction of sp³-hybridized carbons (Fsp3) is 0.440. The van der Waals surface area contributed by atoms with Crippen LogP contribution in [0.15, 0.2) is 48.8 Å². The Labute approximate surface area is 193 Å². The number of carbonyl (C=O) groups is 3. The van der Waals surface area contributed by atoms with Crippen molar-refractivity contribution in [1.29, 1.82) is 0 Å². The van der Waals surface area contributed by atoms with Crippen LogP contribution in [0.1, 0.15) is 53.6 Å². The summed E-state index contributed by atoms with van der Waals surface area (Å²) in [6, 6.07) is 9.89. The van der Waals surface area contributed by atoms with Crippen molar-refractivity contribution in [2.75, 3.05) is 19.8 Å². The topological polar surface area (TPSA) is 107 Å². The second-order valence-corrected chi connectivity index (χ2v) is 8.49. The van der Waals surface area contributed by atoms with Gasteiger partial charge in [0.25, 0.3) is 11.8 Å². The van der Waals surface area contributed by atoms with E-state index >= 15 is 0 Å². The zero-order valence-electron chi connectivity index (χ0n) is 18.5. The molecule has 2 aliphatic rings. The SMILES string of the molecule is O=C(NC1(c2cccnc2)CC1)C(=O)C1CCCCOCCOCc2ccccc2C(=O)N1. The third-order valence-corrected chi connectivity index (χ3v) is 6.09. The quantitative estimate of drug-likeness (QED) is 0.691. The molecule has 1 aliphatic carbocycles. The van der Waals surface area contributed by atoms with Crippen LogP contribution in [0.3, 0.4) is 0 Å². The minimum Gasteiger partial charge on any atom is -0.379 e. The molecule has 2 amide bonds. The number of ketones is 1. The van der Waals surface area contributed by atoms with Crippen molar-refractivity contribution in [3.8, 4) is 0 Å². The van der Waals surface area contributed by atoms with Gasteiger partial charge in [-0.1, -0.05) is 24.3 Å². The lowest BCUT2D eigenvalue weighted by Gasteiger charge is -2.22. The molecule has 8 heteroatoms. The molecule has 0 spiro atoms. The first-order chi connectivity index (χ1) is 16.1. The van der Waals surface area contributed by atoms with Crippen LogP contribution in [-0.2, 0) is 31.2 Å². The number of benzene rings is 1. The van der Waals surface area contributed by atoms with Gasteiger partial charge in [-0.2, -0.15) is 0 Å².